The average Bonchev–Trinajstić information content (AvgIpc) is 2.55. The first-order valence-electron chi connectivity index (χ1n) is 7.19. The first-order valence-corrected chi connectivity index (χ1v) is 7.19. The molecule has 4 rings (SSSR count). The van der Waals surface area contributed by atoms with Gasteiger partial charge in [0.1, 0.15) is 11.7 Å². The van der Waals surface area contributed by atoms with Gasteiger partial charge >= 0.3 is 0 Å². The third-order valence-corrected chi connectivity index (χ3v) is 4.09. The normalized spacial score (nSPS) is 19.8. The van der Waals surface area contributed by atoms with Crippen LogP contribution in [0.25, 0.3) is 6.08 Å². The lowest BCUT2D eigenvalue weighted by atomic mass is 9.99. The Morgan fingerprint density at radius 1 is 1.00 bits per heavy atom. The molecule has 0 saturated carbocycles. The molecule has 2 aliphatic rings. The molecule has 104 valence electrons. The molecule has 2 aliphatic heterocycles. The van der Waals surface area contributed by atoms with Crippen molar-refractivity contribution in [3.63, 3.8) is 0 Å². The van der Waals surface area contributed by atoms with Gasteiger partial charge in [0, 0.05) is 12.2 Å². The molecule has 1 unspecified atom stereocenters. The summed E-state index contributed by atoms with van der Waals surface area (Å²) in [5, 5.41) is 0. The van der Waals surface area contributed by atoms with Crippen LogP contribution in [0, 0.1) is 5.82 Å². The van der Waals surface area contributed by atoms with Crippen molar-refractivity contribution in [2.45, 2.75) is 12.5 Å². The Morgan fingerprint density at radius 2 is 1.81 bits per heavy atom. The Morgan fingerprint density at radius 3 is 2.67 bits per heavy atom. The summed E-state index contributed by atoms with van der Waals surface area (Å²) >= 11 is 0. The van der Waals surface area contributed by atoms with E-state index in [0.717, 1.165) is 24.4 Å². The van der Waals surface area contributed by atoms with Crippen LogP contribution in [0.5, 0.6) is 0 Å². The van der Waals surface area contributed by atoms with E-state index >= 15 is 0 Å². The zero-order valence-electron chi connectivity index (χ0n) is 11.5. The highest BCUT2D eigenvalue weighted by atomic mass is 19.1. The number of rotatable bonds is 1. The number of fused-ring (bicyclic) bond motifs is 3. The van der Waals surface area contributed by atoms with Crippen LogP contribution in [0.3, 0.4) is 0 Å². The van der Waals surface area contributed by atoms with Crippen molar-refractivity contribution in [1.29, 1.82) is 0 Å². The van der Waals surface area contributed by atoms with Gasteiger partial charge in [0.05, 0.1) is 6.04 Å². The van der Waals surface area contributed by atoms with Crippen LogP contribution in [-0.2, 0) is 0 Å². The Bertz CT molecular complexity index is 731. The Labute approximate surface area is 123 Å². The molecule has 0 aromatic heterocycles. The number of hydrogen-bond acceptors (Lipinski definition) is 2. The minimum Gasteiger partial charge on any atom is -0.326 e. The summed E-state index contributed by atoms with van der Waals surface area (Å²) in [6, 6.07) is 15.2. The number of anilines is 1. The average molecular weight is 278 g/mol. The van der Waals surface area contributed by atoms with Gasteiger partial charge in [-0.2, -0.15) is 0 Å². The van der Waals surface area contributed by atoms with E-state index in [9.17, 15) is 4.39 Å². The molecule has 21 heavy (non-hydrogen) atoms. The summed E-state index contributed by atoms with van der Waals surface area (Å²) in [6.45, 7) is 0.933. The summed E-state index contributed by atoms with van der Waals surface area (Å²) in [5.74, 6) is 0.796. The fourth-order valence-electron chi connectivity index (χ4n) is 3.00. The van der Waals surface area contributed by atoms with Gasteiger partial charge in [-0.25, -0.2) is 4.39 Å². The predicted molar refractivity (Wildman–Crippen MR) is 84.0 cm³/mol. The van der Waals surface area contributed by atoms with E-state index in [2.05, 4.69) is 41.3 Å². The van der Waals surface area contributed by atoms with Crippen LogP contribution in [0.4, 0.5) is 10.1 Å². The number of aliphatic imine (C=N–C) groups is 1. The molecule has 0 amide bonds. The maximum absolute atomic E-state index is 13.0. The van der Waals surface area contributed by atoms with Crippen molar-refractivity contribution in [2.75, 3.05) is 11.4 Å². The number of benzene rings is 2. The zero-order chi connectivity index (χ0) is 14.2. The zero-order valence-corrected chi connectivity index (χ0v) is 11.5. The summed E-state index contributed by atoms with van der Waals surface area (Å²) in [7, 11) is 0. The second-order valence-corrected chi connectivity index (χ2v) is 5.39. The molecular weight excluding hydrogens is 263 g/mol. The molecular formula is C18H15FN2. The second-order valence-electron chi connectivity index (χ2n) is 5.39. The van der Waals surface area contributed by atoms with Crippen LogP contribution in [0.1, 0.15) is 23.6 Å². The van der Waals surface area contributed by atoms with Crippen molar-refractivity contribution in [3.8, 4) is 0 Å². The quantitative estimate of drug-likeness (QED) is 0.763. The summed E-state index contributed by atoms with van der Waals surface area (Å²) in [6.07, 6.45) is 5.12. The minimum absolute atomic E-state index is 0.117. The first kappa shape index (κ1) is 12.3. The van der Waals surface area contributed by atoms with Gasteiger partial charge in [-0.05, 0) is 47.9 Å². The van der Waals surface area contributed by atoms with Gasteiger partial charge < -0.3 is 4.90 Å². The number of amidine groups is 1. The molecule has 1 atom stereocenters. The highest BCUT2D eigenvalue weighted by Gasteiger charge is 2.25. The Kier molecular flexibility index (Phi) is 2.85. The fourth-order valence-corrected chi connectivity index (χ4v) is 3.00. The van der Waals surface area contributed by atoms with Gasteiger partial charge in [0.15, 0.2) is 0 Å². The summed E-state index contributed by atoms with van der Waals surface area (Å²) in [5.41, 5.74) is 3.53. The number of hydrogen-bond donors (Lipinski definition) is 0. The van der Waals surface area contributed by atoms with E-state index in [-0.39, 0.29) is 11.9 Å². The molecule has 3 heteroatoms. The van der Waals surface area contributed by atoms with E-state index in [1.807, 2.05) is 12.1 Å². The van der Waals surface area contributed by atoms with Crippen LogP contribution < -0.4 is 4.90 Å². The third kappa shape index (κ3) is 2.15. The van der Waals surface area contributed by atoms with Crippen LogP contribution in [0.2, 0.25) is 0 Å². The third-order valence-electron chi connectivity index (χ3n) is 4.09. The summed E-state index contributed by atoms with van der Waals surface area (Å²) < 4.78 is 13.0. The van der Waals surface area contributed by atoms with Gasteiger partial charge in [-0.1, -0.05) is 30.3 Å². The van der Waals surface area contributed by atoms with Crippen LogP contribution >= 0.6 is 0 Å². The van der Waals surface area contributed by atoms with E-state index in [4.69, 9.17) is 4.99 Å². The molecule has 0 aliphatic carbocycles. The van der Waals surface area contributed by atoms with E-state index in [0.29, 0.717) is 0 Å². The molecule has 0 fully saturated rings. The standard InChI is InChI=1S/C18H15FN2/c19-15-8-5-13(6-9-15)16-11-12-21-17-4-2-1-3-14(17)7-10-18(21)20-16/h1-10,16H,11-12H2. The largest absolute Gasteiger partial charge is 0.326 e. The minimum atomic E-state index is -0.199. The van der Waals surface area contributed by atoms with Gasteiger partial charge in [-0.15, -0.1) is 0 Å². The molecule has 0 N–H and O–H groups in total. The number of halogens is 1. The molecule has 0 spiro atoms. The smallest absolute Gasteiger partial charge is 0.128 e. The summed E-state index contributed by atoms with van der Waals surface area (Å²) in [4.78, 5) is 7.10. The van der Waals surface area contributed by atoms with E-state index in [1.54, 1.807) is 0 Å². The van der Waals surface area contributed by atoms with Crippen molar-refractivity contribution < 1.29 is 4.39 Å². The molecule has 2 nitrogen and oxygen atoms in total. The number of para-hydroxylation sites is 1. The van der Waals surface area contributed by atoms with Crippen LogP contribution in [-0.4, -0.2) is 12.4 Å². The maximum atomic E-state index is 13.0. The highest BCUT2D eigenvalue weighted by molar-refractivity contribution is 6.12. The molecule has 0 bridgehead atoms. The van der Waals surface area contributed by atoms with Crippen molar-refractivity contribution in [2.24, 2.45) is 4.99 Å². The lowest BCUT2D eigenvalue weighted by Crippen LogP contribution is -2.37. The first-order chi connectivity index (χ1) is 10.3. The molecule has 0 radical (unpaired) electrons. The lowest BCUT2D eigenvalue weighted by molar-refractivity contribution is 0.614. The SMILES string of the molecule is Fc1ccc(C2CCN3C(=N2)C=Cc2ccccc23)cc1. The monoisotopic (exact) mass is 278 g/mol. The molecule has 2 heterocycles. The fraction of sp³-hybridized carbons (Fsp3) is 0.167. The molecule has 2 aromatic rings. The highest BCUT2D eigenvalue weighted by Crippen LogP contribution is 2.33. The molecule has 2 aromatic carbocycles. The van der Waals surface area contributed by atoms with Crippen molar-refractivity contribution in [3.05, 3.63) is 71.6 Å². The topological polar surface area (TPSA) is 15.6 Å². The van der Waals surface area contributed by atoms with E-state index in [1.165, 1.54) is 23.4 Å². The van der Waals surface area contributed by atoms with E-state index < -0.39 is 0 Å². The Hall–Kier alpha value is -2.42. The van der Waals surface area contributed by atoms with Gasteiger partial charge in [-0.3, -0.25) is 4.99 Å². The second kappa shape index (κ2) is 4.85. The maximum Gasteiger partial charge on any atom is 0.128 e. The number of nitrogens with zero attached hydrogens (tertiary/aromatic N) is 2. The van der Waals surface area contributed by atoms with Gasteiger partial charge in [0.25, 0.3) is 0 Å². The molecule has 0 saturated heterocycles. The van der Waals surface area contributed by atoms with Gasteiger partial charge in [0.2, 0.25) is 0 Å². The lowest BCUT2D eigenvalue weighted by Gasteiger charge is -2.34. The Balaban J connectivity index is 1.69. The predicted octanol–water partition coefficient (Wildman–Crippen LogP) is 4.20. The van der Waals surface area contributed by atoms with Crippen LogP contribution in [0.15, 0.2) is 59.6 Å². The van der Waals surface area contributed by atoms with Crippen molar-refractivity contribution >= 4 is 17.6 Å². The van der Waals surface area contributed by atoms with Crippen molar-refractivity contribution in [1.82, 2.24) is 0 Å².